The summed E-state index contributed by atoms with van der Waals surface area (Å²) in [6.07, 6.45) is 0.906. The van der Waals surface area contributed by atoms with E-state index in [2.05, 4.69) is 12.2 Å². The predicted octanol–water partition coefficient (Wildman–Crippen LogP) is 2.55. The van der Waals surface area contributed by atoms with Gasteiger partial charge in [0, 0.05) is 18.8 Å². The first-order valence-corrected chi connectivity index (χ1v) is 9.70. The van der Waals surface area contributed by atoms with E-state index >= 15 is 0 Å². The van der Waals surface area contributed by atoms with Crippen molar-refractivity contribution in [2.24, 2.45) is 0 Å². The normalized spacial score (nSPS) is 13.1. The van der Waals surface area contributed by atoms with Gasteiger partial charge in [0.05, 0.1) is 5.69 Å². The first-order valence-electron chi connectivity index (χ1n) is 9.70. The van der Waals surface area contributed by atoms with Gasteiger partial charge in [-0.1, -0.05) is 19.1 Å². The Morgan fingerprint density at radius 2 is 2.07 bits per heavy atom. The maximum atomic E-state index is 12.3. The Kier molecular flexibility index (Phi) is 6.72. The van der Waals surface area contributed by atoms with Crippen molar-refractivity contribution in [1.82, 2.24) is 4.90 Å². The van der Waals surface area contributed by atoms with Crippen molar-refractivity contribution in [3.05, 3.63) is 48.0 Å². The Labute approximate surface area is 171 Å². The number of hydrogen-bond donors (Lipinski definition) is 1. The van der Waals surface area contributed by atoms with Crippen LogP contribution in [0.5, 0.6) is 11.5 Å². The maximum absolute atomic E-state index is 12.3. The molecule has 0 atom stereocenters. The van der Waals surface area contributed by atoms with Crippen LogP contribution in [0.4, 0.5) is 11.4 Å². The van der Waals surface area contributed by atoms with E-state index in [0.29, 0.717) is 29.4 Å². The van der Waals surface area contributed by atoms with Crippen molar-refractivity contribution < 1.29 is 19.1 Å². The average molecular weight is 397 g/mol. The number of nitrogens with one attached hydrogen (secondary N) is 1. The highest BCUT2D eigenvalue weighted by Gasteiger charge is 2.25. The standard InChI is InChI=1S/C22H27N3O4/c1-4-16-6-5-7-18(12-16)28-14-21(26)23-17-8-9-20-19(13-17)25(11-10-24(2)3)22(27)15-29-20/h5-9,12-13H,4,10-11,14-15H2,1-3H3,(H,23,26). The van der Waals surface area contributed by atoms with Crippen LogP contribution >= 0.6 is 0 Å². The van der Waals surface area contributed by atoms with Gasteiger partial charge < -0.3 is 24.6 Å². The topological polar surface area (TPSA) is 71.1 Å². The minimum absolute atomic E-state index is 0.0246. The van der Waals surface area contributed by atoms with E-state index in [9.17, 15) is 9.59 Å². The largest absolute Gasteiger partial charge is 0.484 e. The van der Waals surface area contributed by atoms with E-state index in [-0.39, 0.29) is 25.0 Å². The Bertz CT molecular complexity index is 882. The van der Waals surface area contributed by atoms with Crippen molar-refractivity contribution >= 4 is 23.2 Å². The molecular weight excluding hydrogens is 370 g/mol. The number of carbonyl (C=O) groups excluding carboxylic acids is 2. The van der Waals surface area contributed by atoms with E-state index in [4.69, 9.17) is 9.47 Å². The quantitative estimate of drug-likeness (QED) is 0.741. The molecule has 1 aliphatic rings. The highest BCUT2D eigenvalue weighted by molar-refractivity contribution is 5.99. The molecule has 29 heavy (non-hydrogen) atoms. The summed E-state index contributed by atoms with van der Waals surface area (Å²) >= 11 is 0. The summed E-state index contributed by atoms with van der Waals surface area (Å²) in [6, 6.07) is 13.0. The number of anilines is 2. The molecule has 1 aliphatic heterocycles. The summed E-state index contributed by atoms with van der Waals surface area (Å²) in [5.41, 5.74) is 2.41. The van der Waals surface area contributed by atoms with Gasteiger partial charge >= 0.3 is 0 Å². The Balaban J connectivity index is 1.65. The summed E-state index contributed by atoms with van der Waals surface area (Å²) in [5, 5.41) is 2.82. The molecule has 2 aromatic carbocycles. The molecule has 0 spiro atoms. The first-order chi connectivity index (χ1) is 14.0. The molecule has 7 heteroatoms. The van der Waals surface area contributed by atoms with Crippen LogP contribution in [0.3, 0.4) is 0 Å². The van der Waals surface area contributed by atoms with E-state index < -0.39 is 0 Å². The second-order valence-corrected chi connectivity index (χ2v) is 7.16. The smallest absolute Gasteiger partial charge is 0.265 e. The fourth-order valence-electron chi connectivity index (χ4n) is 3.03. The SMILES string of the molecule is CCc1cccc(OCC(=O)Nc2ccc3c(c2)N(CCN(C)C)C(=O)CO3)c1. The van der Waals surface area contributed by atoms with Gasteiger partial charge in [0.25, 0.3) is 11.8 Å². The van der Waals surface area contributed by atoms with E-state index in [1.165, 1.54) is 0 Å². The number of rotatable bonds is 8. The number of nitrogens with zero attached hydrogens (tertiary/aromatic N) is 2. The molecule has 0 saturated carbocycles. The molecule has 0 aliphatic carbocycles. The van der Waals surface area contributed by atoms with Crippen LogP contribution in [0.25, 0.3) is 0 Å². The predicted molar refractivity (Wildman–Crippen MR) is 113 cm³/mol. The minimum Gasteiger partial charge on any atom is -0.484 e. The Morgan fingerprint density at radius 1 is 1.24 bits per heavy atom. The molecule has 7 nitrogen and oxygen atoms in total. The number of benzene rings is 2. The monoisotopic (exact) mass is 397 g/mol. The molecule has 1 heterocycles. The van der Waals surface area contributed by atoms with Crippen molar-refractivity contribution in [3.63, 3.8) is 0 Å². The molecule has 0 saturated heterocycles. The zero-order valence-electron chi connectivity index (χ0n) is 17.1. The summed E-state index contributed by atoms with van der Waals surface area (Å²) in [6.45, 7) is 3.28. The van der Waals surface area contributed by atoms with Gasteiger partial charge in [-0.05, 0) is 56.4 Å². The van der Waals surface area contributed by atoms with Gasteiger partial charge in [-0.2, -0.15) is 0 Å². The number of hydrogen-bond acceptors (Lipinski definition) is 5. The Morgan fingerprint density at radius 3 is 2.83 bits per heavy atom. The van der Waals surface area contributed by atoms with Gasteiger partial charge in [-0.3, -0.25) is 9.59 Å². The number of ether oxygens (including phenoxy) is 2. The lowest BCUT2D eigenvalue weighted by Gasteiger charge is -2.30. The first kappa shape index (κ1) is 20.7. The van der Waals surface area contributed by atoms with E-state index in [1.54, 1.807) is 23.1 Å². The lowest BCUT2D eigenvalue weighted by atomic mass is 10.2. The van der Waals surface area contributed by atoms with Crippen molar-refractivity contribution in [3.8, 4) is 11.5 Å². The van der Waals surface area contributed by atoms with Crippen LogP contribution in [0.1, 0.15) is 12.5 Å². The summed E-state index contributed by atoms with van der Waals surface area (Å²) in [7, 11) is 3.91. The summed E-state index contributed by atoms with van der Waals surface area (Å²) in [5.74, 6) is 0.935. The van der Waals surface area contributed by atoms with Gasteiger partial charge in [0.15, 0.2) is 13.2 Å². The average Bonchev–Trinajstić information content (AvgIpc) is 2.71. The van der Waals surface area contributed by atoms with Crippen molar-refractivity contribution in [1.29, 1.82) is 0 Å². The molecule has 1 N–H and O–H groups in total. The van der Waals surface area contributed by atoms with Gasteiger partial charge in [-0.25, -0.2) is 0 Å². The molecule has 0 radical (unpaired) electrons. The number of carbonyl (C=O) groups is 2. The van der Waals surface area contributed by atoms with Crippen LogP contribution < -0.4 is 19.7 Å². The van der Waals surface area contributed by atoms with E-state index in [0.717, 1.165) is 18.5 Å². The third-order valence-corrected chi connectivity index (χ3v) is 4.63. The minimum atomic E-state index is -0.269. The molecule has 0 bridgehead atoms. The zero-order valence-corrected chi connectivity index (χ0v) is 17.1. The highest BCUT2D eigenvalue weighted by Crippen LogP contribution is 2.34. The third kappa shape index (κ3) is 5.48. The number of fused-ring (bicyclic) bond motifs is 1. The fraction of sp³-hybridized carbons (Fsp3) is 0.364. The molecule has 3 rings (SSSR count). The molecule has 0 unspecified atom stereocenters. The second-order valence-electron chi connectivity index (χ2n) is 7.16. The van der Waals surface area contributed by atoms with Gasteiger partial charge in [-0.15, -0.1) is 0 Å². The molecule has 2 aromatic rings. The molecule has 0 aromatic heterocycles. The Hall–Kier alpha value is -3.06. The lowest BCUT2D eigenvalue weighted by molar-refractivity contribution is -0.121. The molecular formula is C22H27N3O4. The van der Waals surface area contributed by atoms with Crippen LogP contribution in [0.2, 0.25) is 0 Å². The van der Waals surface area contributed by atoms with Crippen LogP contribution in [0.15, 0.2) is 42.5 Å². The van der Waals surface area contributed by atoms with Crippen LogP contribution in [0, 0.1) is 0 Å². The highest BCUT2D eigenvalue weighted by atomic mass is 16.5. The van der Waals surface area contributed by atoms with Crippen LogP contribution in [-0.2, 0) is 16.0 Å². The molecule has 0 fully saturated rings. The lowest BCUT2D eigenvalue weighted by Crippen LogP contribution is -2.42. The van der Waals surface area contributed by atoms with Crippen molar-refractivity contribution in [2.45, 2.75) is 13.3 Å². The third-order valence-electron chi connectivity index (χ3n) is 4.63. The van der Waals surface area contributed by atoms with Gasteiger partial charge in [0.1, 0.15) is 11.5 Å². The van der Waals surface area contributed by atoms with Crippen molar-refractivity contribution in [2.75, 3.05) is 50.6 Å². The van der Waals surface area contributed by atoms with Crippen LogP contribution in [-0.4, -0.2) is 57.1 Å². The number of likely N-dealkylation sites (N-methyl/N-ethyl adjacent to an activating group) is 1. The second kappa shape index (κ2) is 9.43. The molecule has 2 amide bonds. The molecule has 154 valence electrons. The maximum Gasteiger partial charge on any atom is 0.265 e. The zero-order chi connectivity index (χ0) is 20.8. The van der Waals surface area contributed by atoms with Gasteiger partial charge in [0.2, 0.25) is 0 Å². The summed E-state index contributed by atoms with van der Waals surface area (Å²) in [4.78, 5) is 28.3. The fourth-order valence-corrected chi connectivity index (χ4v) is 3.03. The number of amides is 2. The summed E-state index contributed by atoms with van der Waals surface area (Å²) < 4.78 is 11.1. The van der Waals surface area contributed by atoms with E-state index in [1.807, 2.05) is 43.3 Å². The number of aryl methyl sites for hydroxylation is 1.